The number of rotatable bonds is 1. The summed E-state index contributed by atoms with van der Waals surface area (Å²) in [6.45, 7) is 4.92. The van der Waals surface area contributed by atoms with Crippen LogP contribution in [-0.4, -0.2) is 26.7 Å². The fourth-order valence-electron chi connectivity index (χ4n) is 2.76. The van der Waals surface area contributed by atoms with Crippen molar-refractivity contribution in [1.29, 1.82) is 0 Å². The van der Waals surface area contributed by atoms with Crippen molar-refractivity contribution in [3.63, 3.8) is 0 Å². The maximum absolute atomic E-state index is 6.05. The van der Waals surface area contributed by atoms with Gasteiger partial charge in [0.1, 0.15) is 5.52 Å². The molecule has 0 bridgehead atoms. The molecule has 102 valence electrons. The van der Waals surface area contributed by atoms with E-state index in [9.17, 15) is 0 Å². The lowest BCUT2D eigenvalue weighted by molar-refractivity contribution is -0.0682. The van der Waals surface area contributed by atoms with Crippen molar-refractivity contribution in [2.45, 2.75) is 38.3 Å². The number of fused-ring (bicyclic) bond motifs is 1. The zero-order valence-corrected chi connectivity index (χ0v) is 11.8. The normalized spacial score (nSPS) is 22.8. The Labute approximate surface area is 116 Å². The van der Waals surface area contributed by atoms with E-state index in [2.05, 4.69) is 23.8 Å². The Morgan fingerprint density at radius 3 is 3.05 bits per heavy atom. The summed E-state index contributed by atoms with van der Waals surface area (Å²) in [5.41, 5.74) is 7.45. The van der Waals surface area contributed by atoms with E-state index in [1.54, 1.807) is 12.3 Å². The van der Waals surface area contributed by atoms with Crippen LogP contribution in [0.25, 0.3) is 11.2 Å². The summed E-state index contributed by atoms with van der Waals surface area (Å²) in [5, 5.41) is 0.574. The molecule has 6 heteroatoms. The fourth-order valence-corrected chi connectivity index (χ4v) is 2.91. The van der Waals surface area contributed by atoms with E-state index < -0.39 is 0 Å². The van der Waals surface area contributed by atoms with Gasteiger partial charge in [0.15, 0.2) is 5.65 Å². The third-order valence-corrected chi connectivity index (χ3v) is 3.77. The Kier molecular flexibility index (Phi) is 2.91. The van der Waals surface area contributed by atoms with E-state index in [-0.39, 0.29) is 11.6 Å². The maximum atomic E-state index is 6.05. The van der Waals surface area contributed by atoms with Crippen LogP contribution in [0, 0.1) is 0 Å². The maximum Gasteiger partial charge on any atom is 0.202 e. The minimum absolute atomic E-state index is 0.141. The van der Waals surface area contributed by atoms with Gasteiger partial charge in [-0.1, -0.05) is 11.6 Å². The second-order valence-electron chi connectivity index (χ2n) is 5.59. The van der Waals surface area contributed by atoms with E-state index >= 15 is 0 Å². The highest BCUT2D eigenvalue weighted by Crippen LogP contribution is 2.35. The van der Waals surface area contributed by atoms with E-state index in [0.717, 1.165) is 30.6 Å². The van der Waals surface area contributed by atoms with Gasteiger partial charge in [0.25, 0.3) is 0 Å². The number of imidazole rings is 1. The molecule has 2 N–H and O–H groups in total. The Morgan fingerprint density at radius 1 is 1.53 bits per heavy atom. The molecule has 1 aliphatic heterocycles. The van der Waals surface area contributed by atoms with E-state index in [4.69, 9.17) is 22.1 Å². The lowest BCUT2D eigenvalue weighted by atomic mass is 9.94. The van der Waals surface area contributed by atoms with Gasteiger partial charge in [-0.3, -0.25) is 4.57 Å². The minimum atomic E-state index is -0.141. The number of nitrogen functional groups attached to an aromatic ring is 1. The van der Waals surface area contributed by atoms with Crippen molar-refractivity contribution in [1.82, 2.24) is 14.5 Å². The van der Waals surface area contributed by atoms with Crippen molar-refractivity contribution >= 4 is 28.7 Å². The monoisotopic (exact) mass is 280 g/mol. The highest BCUT2D eigenvalue weighted by Gasteiger charge is 2.31. The van der Waals surface area contributed by atoms with Crippen LogP contribution in [0.3, 0.4) is 0 Å². The summed E-state index contributed by atoms with van der Waals surface area (Å²) in [6, 6.07) is 2.06. The molecule has 2 aromatic rings. The summed E-state index contributed by atoms with van der Waals surface area (Å²) in [5.74, 6) is 0.493. The number of anilines is 1. The van der Waals surface area contributed by atoms with Gasteiger partial charge < -0.3 is 10.5 Å². The first-order chi connectivity index (χ1) is 8.96. The second-order valence-corrected chi connectivity index (χ2v) is 6.03. The van der Waals surface area contributed by atoms with Gasteiger partial charge in [0, 0.05) is 18.8 Å². The molecule has 19 heavy (non-hydrogen) atoms. The number of aromatic nitrogens is 3. The molecule has 3 rings (SSSR count). The molecule has 0 radical (unpaired) electrons. The van der Waals surface area contributed by atoms with Gasteiger partial charge in [-0.15, -0.1) is 0 Å². The van der Waals surface area contributed by atoms with Crippen molar-refractivity contribution in [2.24, 2.45) is 0 Å². The van der Waals surface area contributed by atoms with Crippen LogP contribution >= 0.6 is 11.6 Å². The molecule has 1 unspecified atom stereocenters. The number of nitrogens with zero attached hydrogens (tertiary/aromatic N) is 3. The zero-order valence-electron chi connectivity index (χ0n) is 11.1. The zero-order chi connectivity index (χ0) is 13.6. The summed E-state index contributed by atoms with van der Waals surface area (Å²) in [6.07, 6.45) is 3.45. The first-order valence-electron chi connectivity index (χ1n) is 6.39. The Hall–Kier alpha value is -1.33. The number of hydrogen-bond acceptors (Lipinski definition) is 4. The molecule has 0 amide bonds. The predicted octanol–water partition coefficient (Wildman–Crippen LogP) is 2.80. The summed E-state index contributed by atoms with van der Waals surface area (Å²) < 4.78 is 7.76. The molecule has 0 aromatic carbocycles. The molecule has 0 saturated carbocycles. The van der Waals surface area contributed by atoms with E-state index in [1.807, 2.05) is 4.57 Å². The van der Waals surface area contributed by atoms with E-state index in [1.165, 1.54) is 0 Å². The van der Waals surface area contributed by atoms with Gasteiger partial charge in [-0.2, -0.15) is 0 Å². The molecular formula is C13H17ClN4O. The highest BCUT2D eigenvalue weighted by molar-refractivity contribution is 6.31. The molecular weight excluding hydrogens is 264 g/mol. The first kappa shape index (κ1) is 12.7. The summed E-state index contributed by atoms with van der Waals surface area (Å²) in [4.78, 5) is 8.72. The average Bonchev–Trinajstić information content (AvgIpc) is 2.62. The van der Waals surface area contributed by atoms with Gasteiger partial charge in [-0.05, 0) is 32.8 Å². The lowest BCUT2D eigenvalue weighted by Gasteiger charge is -2.36. The lowest BCUT2D eigenvalue weighted by Crippen LogP contribution is -2.35. The van der Waals surface area contributed by atoms with Crippen LogP contribution in [0.4, 0.5) is 5.95 Å². The van der Waals surface area contributed by atoms with Crippen molar-refractivity contribution < 1.29 is 4.74 Å². The van der Waals surface area contributed by atoms with Crippen LogP contribution in [0.1, 0.15) is 32.7 Å². The van der Waals surface area contributed by atoms with Crippen molar-refractivity contribution in [3.8, 4) is 0 Å². The van der Waals surface area contributed by atoms with Gasteiger partial charge in [0.2, 0.25) is 5.95 Å². The van der Waals surface area contributed by atoms with Crippen LogP contribution in [0.15, 0.2) is 12.3 Å². The largest absolute Gasteiger partial charge is 0.375 e. The Morgan fingerprint density at radius 2 is 2.32 bits per heavy atom. The Balaban J connectivity index is 2.07. The van der Waals surface area contributed by atoms with E-state index in [0.29, 0.717) is 11.0 Å². The highest BCUT2D eigenvalue weighted by atomic mass is 35.5. The van der Waals surface area contributed by atoms with Crippen LogP contribution in [0.2, 0.25) is 5.02 Å². The molecule has 3 heterocycles. The standard InChI is InChI=1S/C13H17ClN4O/c1-13(2)6-9(3-4-19-13)18-11-10(17-12(18)15)5-8(14)7-16-11/h5,7,9H,3-4,6H2,1-2H3,(H2,15,17). The average molecular weight is 281 g/mol. The van der Waals surface area contributed by atoms with Gasteiger partial charge >= 0.3 is 0 Å². The summed E-state index contributed by atoms with van der Waals surface area (Å²) in [7, 11) is 0. The smallest absolute Gasteiger partial charge is 0.202 e. The third-order valence-electron chi connectivity index (χ3n) is 3.56. The van der Waals surface area contributed by atoms with Gasteiger partial charge in [-0.25, -0.2) is 9.97 Å². The first-order valence-corrected chi connectivity index (χ1v) is 6.77. The molecule has 1 saturated heterocycles. The fraction of sp³-hybridized carbons (Fsp3) is 0.538. The van der Waals surface area contributed by atoms with Crippen molar-refractivity contribution in [3.05, 3.63) is 17.3 Å². The summed E-state index contributed by atoms with van der Waals surface area (Å²) >= 11 is 5.94. The predicted molar refractivity (Wildman–Crippen MR) is 75.3 cm³/mol. The third kappa shape index (κ3) is 2.28. The SMILES string of the molecule is CC1(C)CC(n2c(N)nc3cc(Cl)cnc32)CCO1. The number of pyridine rings is 1. The topological polar surface area (TPSA) is 66.0 Å². The molecule has 0 aliphatic carbocycles. The number of hydrogen-bond donors (Lipinski definition) is 1. The Bertz CT molecular complexity index is 622. The second kappa shape index (κ2) is 4.35. The van der Waals surface area contributed by atoms with Gasteiger partial charge in [0.05, 0.1) is 10.6 Å². The molecule has 1 fully saturated rings. The number of nitrogens with two attached hydrogens (primary N) is 1. The molecule has 0 spiro atoms. The number of halogens is 1. The molecule has 2 aromatic heterocycles. The van der Waals surface area contributed by atoms with Crippen LogP contribution in [0.5, 0.6) is 0 Å². The minimum Gasteiger partial charge on any atom is -0.375 e. The molecule has 1 aliphatic rings. The molecule has 1 atom stereocenters. The van der Waals surface area contributed by atoms with Crippen LogP contribution < -0.4 is 5.73 Å². The quantitative estimate of drug-likeness (QED) is 0.872. The number of ether oxygens (including phenoxy) is 1. The molecule has 5 nitrogen and oxygen atoms in total. The van der Waals surface area contributed by atoms with Crippen molar-refractivity contribution in [2.75, 3.05) is 12.3 Å². The van der Waals surface area contributed by atoms with Crippen LogP contribution in [-0.2, 0) is 4.74 Å².